The fourth-order valence-electron chi connectivity index (χ4n) is 5.50. The summed E-state index contributed by atoms with van der Waals surface area (Å²) in [6.07, 6.45) is 5.98. The van der Waals surface area contributed by atoms with Gasteiger partial charge in [-0.15, -0.1) is 0 Å². The molecular formula is C33H40N4O6S. The molecule has 10 nitrogen and oxygen atoms in total. The highest BCUT2D eigenvalue weighted by atomic mass is 32.2. The summed E-state index contributed by atoms with van der Waals surface area (Å²) in [4.78, 5) is 43.6. The van der Waals surface area contributed by atoms with Gasteiger partial charge in [-0.05, 0) is 78.3 Å². The minimum Gasteiger partial charge on any atom is -0.493 e. The second-order valence-electron chi connectivity index (χ2n) is 10.4. The number of nitrogens with one attached hydrogen (secondary N) is 3. The normalized spacial score (nSPS) is 14.2. The number of aromatic nitrogens is 1. The van der Waals surface area contributed by atoms with Gasteiger partial charge in [0.15, 0.2) is 11.5 Å². The maximum Gasteiger partial charge on any atom is 0.242 e. The molecule has 2 atom stereocenters. The lowest BCUT2D eigenvalue weighted by Crippen LogP contribution is -2.41. The predicted octanol–water partition coefficient (Wildman–Crippen LogP) is 4.15. The second-order valence-corrected chi connectivity index (χ2v) is 11.4. The lowest BCUT2D eigenvalue weighted by atomic mass is 9.95. The first-order chi connectivity index (χ1) is 21.3. The van der Waals surface area contributed by atoms with Crippen LogP contribution in [0.4, 0.5) is 5.69 Å². The van der Waals surface area contributed by atoms with Crippen molar-refractivity contribution in [3.8, 4) is 28.4 Å². The quantitative estimate of drug-likeness (QED) is 0.258. The summed E-state index contributed by atoms with van der Waals surface area (Å²) in [6.45, 7) is 1.88. The smallest absolute Gasteiger partial charge is 0.242 e. The number of methoxy groups -OCH3 is 3. The SMILES string of the molecule is COc1cc2c(c(OC)c1OC)-c1ccc(N[C@H](CCSC)C(=O)NCCc3ccccn3)c(=O)cc1[C@H](NC(C)=O)CC2. The molecule has 2 aromatic carbocycles. The minimum atomic E-state index is -0.626. The molecular weight excluding hydrogens is 580 g/mol. The summed E-state index contributed by atoms with van der Waals surface area (Å²) in [5, 5.41) is 9.23. The van der Waals surface area contributed by atoms with E-state index in [-0.39, 0.29) is 22.9 Å². The van der Waals surface area contributed by atoms with E-state index < -0.39 is 12.1 Å². The van der Waals surface area contributed by atoms with Crippen molar-refractivity contribution in [2.75, 3.05) is 45.2 Å². The molecule has 0 spiro atoms. The summed E-state index contributed by atoms with van der Waals surface area (Å²) < 4.78 is 17.1. The number of aryl methyl sites for hydroxylation is 1. The number of hydrogen-bond donors (Lipinski definition) is 3. The van der Waals surface area contributed by atoms with Gasteiger partial charge in [0, 0.05) is 37.3 Å². The Morgan fingerprint density at radius 1 is 1.07 bits per heavy atom. The number of ether oxygens (including phenoxy) is 3. The van der Waals surface area contributed by atoms with Crippen LogP contribution in [0.3, 0.4) is 0 Å². The zero-order valence-corrected chi connectivity index (χ0v) is 26.6. The van der Waals surface area contributed by atoms with Crippen molar-refractivity contribution in [2.45, 2.75) is 44.7 Å². The third-order valence-corrected chi connectivity index (χ3v) is 8.22. The molecule has 1 aromatic heterocycles. The van der Waals surface area contributed by atoms with Gasteiger partial charge in [-0.1, -0.05) is 12.1 Å². The molecule has 1 aliphatic carbocycles. The van der Waals surface area contributed by atoms with Crippen LogP contribution in [0.2, 0.25) is 0 Å². The topological polar surface area (TPSA) is 128 Å². The highest BCUT2D eigenvalue weighted by Gasteiger charge is 2.30. The van der Waals surface area contributed by atoms with Crippen molar-refractivity contribution in [1.29, 1.82) is 0 Å². The van der Waals surface area contributed by atoms with Crippen LogP contribution in [-0.4, -0.2) is 62.7 Å². The van der Waals surface area contributed by atoms with Crippen molar-refractivity contribution >= 4 is 29.3 Å². The second kappa shape index (κ2) is 15.5. The van der Waals surface area contributed by atoms with Crippen LogP contribution in [0.25, 0.3) is 11.1 Å². The maximum atomic E-state index is 13.8. The molecule has 11 heteroatoms. The number of carbonyl (C=O) groups is 2. The van der Waals surface area contributed by atoms with Gasteiger partial charge in [0.05, 0.1) is 33.1 Å². The highest BCUT2D eigenvalue weighted by molar-refractivity contribution is 7.98. The summed E-state index contributed by atoms with van der Waals surface area (Å²) in [5.74, 6) is 1.77. The monoisotopic (exact) mass is 620 g/mol. The van der Waals surface area contributed by atoms with Crippen molar-refractivity contribution < 1.29 is 23.8 Å². The minimum absolute atomic E-state index is 0.192. The third kappa shape index (κ3) is 7.63. The van der Waals surface area contributed by atoms with Crippen LogP contribution in [-0.2, 0) is 22.4 Å². The fraction of sp³-hybridized carbons (Fsp3) is 0.394. The molecule has 0 unspecified atom stereocenters. The Balaban J connectivity index is 1.75. The first-order valence-corrected chi connectivity index (χ1v) is 15.9. The number of thioether (sulfide) groups is 1. The Morgan fingerprint density at radius 2 is 1.86 bits per heavy atom. The third-order valence-electron chi connectivity index (χ3n) is 7.58. The van der Waals surface area contributed by atoms with Crippen LogP contribution >= 0.6 is 11.8 Å². The van der Waals surface area contributed by atoms with Crippen LogP contribution < -0.4 is 35.6 Å². The first-order valence-electron chi connectivity index (χ1n) is 14.5. The molecule has 44 heavy (non-hydrogen) atoms. The number of anilines is 1. The van der Waals surface area contributed by atoms with Crippen LogP contribution in [0.5, 0.6) is 17.2 Å². The fourth-order valence-corrected chi connectivity index (χ4v) is 5.97. The largest absolute Gasteiger partial charge is 0.493 e. The van der Waals surface area contributed by atoms with Crippen molar-refractivity contribution in [3.05, 3.63) is 75.7 Å². The molecule has 0 fully saturated rings. The Bertz CT molecular complexity index is 1540. The zero-order valence-electron chi connectivity index (χ0n) is 25.8. The van der Waals surface area contributed by atoms with E-state index in [1.54, 1.807) is 51.4 Å². The number of nitrogens with zero attached hydrogens (tertiary/aromatic N) is 1. The standard InChI is InChI=1S/C33H40N4O6S/c1-20(38)36-25-11-9-21-18-29(41-2)31(42-3)32(43-4)30(21)23-10-12-26(28(39)19-24(23)25)37-27(14-17-44-5)33(40)35-16-13-22-8-6-7-15-34-22/h6-8,10,12,15,18-19,25,27H,9,11,13-14,16-17H2,1-5H3,(H,35,40)(H,36,38)(H,37,39)/t25-,27-/m1/s1. The lowest BCUT2D eigenvalue weighted by Gasteiger charge is -2.19. The molecule has 3 aromatic rings. The van der Waals surface area contributed by atoms with Gasteiger partial charge in [0.25, 0.3) is 0 Å². The van der Waals surface area contributed by atoms with E-state index >= 15 is 0 Å². The van der Waals surface area contributed by atoms with E-state index in [0.29, 0.717) is 55.0 Å². The molecule has 0 bridgehead atoms. The zero-order chi connectivity index (χ0) is 31.6. The van der Waals surface area contributed by atoms with Crippen LogP contribution in [0.1, 0.15) is 42.6 Å². The molecule has 0 saturated carbocycles. The number of hydrogen-bond acceptors (Lipinski definition) is 9. The highest BCUT2D eigenvalue weighted by Crippen LogP contribution is 2.50. The number of amides is 2. The molecule has 1 aliphatic rings. The van der Waals surface area contributed by atoms with E-state index in [1.165, 1.54) is 6.92 Å². The Morgan fingerprint density at radius 3 is 2.52 bits per heavy atom. The molecule has 2 amide bonds. The van der Waals surface area contributed by atoms with E-state index in [4.69, 9.17) is 14.2 Å². The van der Waals surface area contributed by atoms with Crippen molar-refractivity contribution in [3.63, 3.8) is 0 Å². The molecule has 1 heterocycles. The van der Waals surface area contributed by atoms with Gasteiger partial charge in [-0.3, -0.25) is 19.4 Å². The summed E-state index contributed by atoms with van der Waals surface area (Å²) in [6, 6.07) is 11.6. The maximum absolute atomic E-state index is 13.8. The summed E-state index contributed by atoms with van der Waals surface area (Å²) >= 11 is 1.63. The summed E-state index contributed by atoms with van der Waals surface area (Å²) in [7, 11) is 4.67. The van der Waals surface area contributed by atoms with Gasteiger partial charge in [-0.2, -0.15) is 11.8 Å². The number of pyridine rings is 1. The Labute approximate surface area is 262 Å². The molecule has 4 rings (SSSR count). The van der Waals surface area contributed by atoms with Crippen molar-refractivity contribution in [1.82, 2.24) is 15.6 Å². The Kier molecular flexibility index (Phi) is 11.5. The van der Waals surface area contributed by atoms with Crippen molar-refractivity contribution in [2.24, 2.45) is 0 Å². The number of fused-ring (bicyclic) bond motifs is 3. The van der Waals surface area contributed by atoms with E-state index in [1.807, 2.05) is 36.6 Å². The van der Waals surface area contributed by atoms with E-state index in [9.17, 15) is 14.4 Å². The molecule has 0 aliphatic heterocycles. The van der Waals surface area contributed by atoms with E-state index in [2.05, 4.69) is 20.9 Å². The van der Waals surface area contributed by atoms with Crippen LogP contribution in [0.15, 0.2) is 53.5 Å². The molecule has 0 saturated heterocycles. The first kappa shape index (κ1) is 32.7. The van der Waals surface area contributed by atoms with Gasteiger partial charge < -0.3 is 30.2 Å². The average Bonchev–Trinajstić information content (AvgIpc) is 3.26. The predicted molar refractivity (Wildman–Crippen MR) is 174 cm³/mol. The molecule has 0 radical (unpaired) electrons. The summed E-state index contributed by atoms with van der Waals surface area (Å²) in [5.41, 5.74) is 3.96. The van der Waals surface area contributed by atoms with Gasteiger partial charge in [0.1, 0.15) is 6.04 Å². The molecule has 3 N–H and O–H groups in total. The lowest BCUT2D eigenvalue weighted by molar-refractivity contribution is -0.122. The van der Waals surface area contributed by atoms with Gasteiger partial charge in [-0.25, -0.2) is 0 Å². The Hall–Kier alpha value is -4.25. The average molecular weight is 621 g/mol. The van der Waals surface area contributed by atoms with Gasteiger partial charge in [0.2, 0.25) is 23.0 Å². The van der Waals surface area contributed by atoms with E-state index in [0.717, 1.165) is 28.1 Å². The number of rotatable bonds is 13. The number of benzene rings is 1. The number of carbonyl (C=O) groups excluding carboxylic acids is 2. The molecule has 234 valence electrons. The van der Waals surface area contributed by atoms with Gasteiger partial charge >= 0.3 is 0 Å². The van der Waals surface area contributed by atoms with Crippen LogP contribution in [0, 0.1) is 0 Å².